The smallest absolute Gasteiger partial charge is 0.0732 e. The summed E-state index contributed by atoms with van der Waals surface area (Å²) in [4.78, 5) is 3.34. The van der Waals surface area contributed by atoms with E-state index < -0.39 is 0 Å². The number of aromatic nitrogens is 1. The lowest BCUT2D eigenvalue weighted by molar-refractivity contribution is 1.14. The number of hydrogen-bond donors (Lipinski definition) is 2. The molecule has 0 aliphatic rings. The van der Waals surface area contributed by atoms with E-state index >= 15 is 0 Å². The normalized spacial score (nSPS) is 10.8. The van der Waals surface area contributed by atoms with Crippen LogP contribution in [0, 0.1) is 0 Å². The molecular weight excluding hydrogens is 180 g/mol. The summed E-state index contributed by atoms with van der Waals surface area (Å²) in [6.45, 7) is 0.722. The van der Waals surface area contributed by atoms with E-state index in [0.29, 0.717) is 0 Å². The third-order valence-corrected chi connectivity index (χ3v) is 2.85. The van der Waals surface area contributed by atoms with Crippen molar-refractivity contribution >= 4 is 22.7 Å². The molecular formula is C10H12N2S. The van der Waals surface area contributed by atoms with E-state index in [0.717, 1.165) is 12.3 Å². The van der Waals surface area contributed by atoms with Crippen LogP contribution in [0.4, 0.5) is 0 Å². The molecule has 2 rings (SSSR count). The van der Waals surface area contributed by atoms with E-state index in [1.807, 2.05) is 12.1 Å². The van der Waals surface area contributed by atoms with Crippen molar-refractivity contribution < 1.29 is 0 Å². The van der Waals surface area contributed by atoms with Gasteiger partial charge in [-0.2, -0.15) is 0 Å². The molecule has 0 aliphatic heterocycles. The van der Waals surface area contributed by atoms with Crippen molar-refractivity contribution in [2.24, 2.45) is 5.73 Å². The van der Waals surface area contributed by atoms with Crippen LogP contribution in [0.5, 0.6) is 0 Å². The highest BCUT2D eigenvalue weighted by Crippen LogP contribution is 2.22. The Kier molecular flexibility index (Phi) is 2.57. The molecule has 0 unspecified atom stereocenters. The van der Waals surface area contributed by atoms with Crippen molar-refractivity contribution in [2.45, 2.75) is 5.03 Å². The Morgan fingerprint density at radius 1 is 1.31 bits per heavy atom. The predicted octanol–water partition coefficient (Wildman–Crippen LogP) is 2.22. The van der Waals surface area contributed by atoms with Crippen LogP contribution in [-0.4, -0.2) is 17.3 Å². The summed E-state index contributed by atoms with van der Waals surface area (Å²) < 4.78 is 0. The molecule has 2 aromatic rings. The molecule has 0 aliphatic carbocycles. The standard InChI is InChI=1S/C10H12N2S/c11-5-6-13-10-7-8-3-1-2-4-9(8)12-10/h1-4,7,12H,5-6,11H2. The number of nitrogens with two attached hydrogens (primary N) is 1. The van der Waals surface area contributed by atoms with Gasteiger partial charge in [0.25, 0.3) is 0 Å². The van der Waals surface area contributed by atoms with Gasteiger partial charge in [0, 0.05) is 23.2 Å². The number of fused-ring (bicyclic) bond motifs is 1. The van der Waals surface area contributed by atoms with Crippen LogP contribution < -0.4 is 5.73 Å². The molecule has 0 saturated carbocycles. The average molecular weight is 192 g/mol. The van der Waals surface area contributed by atoms with Crippen molar-refractivity contribution in [1.29, 1.82) is 0 Å². The summed E-state index contributed by atoms with van der Waals surface area (Å²) in [6.07, 6.45) is 0. The van der Waals surface area contributed by atoms with Crippen LogP contribution in [0.15, 0.2) is 35.4 Å². The van der Waals surface area contributed by atoms with Crippen LogP contribution in [-0.2, 0) is 0 Å². The van der Waals surface area contributed by atoms with Gasteiger partial charge in [0.1, 0.15) is 0 Å². The number of H-pyrrole nitrogens is 1. The Labute approximate surface area is 81.5 Å². The zero-order chi connectivity index (χ0) is 9.10. The number of para-hydroxylation sites is 1. The molecule has 0 saturated heterocycles. The van der Waals surface area contributed by atoms with Crippen molar-refractivity contribution in [1.82, 2.24) is 4.98 Å². The fourth-order valence-electron chi connectivity index (χ4n) is 1.29. The predicted molar refractivity (Wildman–Crippen MR) is 58.1 cm³/mol. The molecule has 0 atom stereocenters. The molecule has 0 bridgehead atoms. The largest absolute Gasteiger partial charge is 0.350 e. The van der Waals surface area contributed by atoms with E-state index in [2.05, 4.69) is 23.2 Å². The summed E-state index contributed by atoms with van der Waals surface area (Å²) in [6, 6.07) is 10.4. The van der Waals surface area contributed by atoms with Gasteiger partial charge in [0.2, 0.25) is 0 Å². The van der Waals surface area contributed by atoms with Crippen LogP contribution >= 0.6 is 11.8 Å². The monoisotopic (exact) mass is 192 g/mol. The molecule has 3 heteroatoms. The third-order valence-electron chi connectivity index (χ3n) is 1.88. The number of aromatic amines is 1. The maximum atomic E-state index is 5.44. The first-order chi connectivity index (χ1) is 6.40. The molecule has 0 fully saturated rings. The Hall–Kier alpha value is -0.930. The number of nitrogens with one attached hydrogen (secondary N) is 1. The van der Waals surface area contributed by atoms with Gasteiger partial charge < -0.3 is 10.7 Å². The molecule has 1 heterocycles. The van der Waals surface area contributed by atoms with Crippen LogP contribution in [0.25, 0.3) is 10.9 Å². The van der Waals surface area contributed by atoms with Crippen molar-refractivity contribution in [3.8, 4) is 0 Å². The van der Waals surface area contributed by atoms with Crippen molar-refractivity contribution in [3.63, 3.8) is 0 Å². The number of benzene rings is 1. The average Bonchev–Trinajstić information content (AvgIpc) is 2.57. The fourth-order valence-corrected chi connectivity index (χ4v) is 2.02. The highest BCUT2D eigenvalue weighted by molar-refractivity contribution is 7.99. The molecule has 0 radical (unpaired) electrons. The van der Waals surface area contributed by atoms with E-state index in [1.165, 1.54) is 15.9 Å². The van der Waals surface area contributed by atoms with Gasteiger partial charge in [-0.05, 0) is 12.1 Å². The molecule has 2 nitrogen and oxygen atoms in total. The van der Waals surface area contributed by atoms with Gasteiger partial charge in [-0.3, -0.25) is 0 Å². The van der Waals surface area contributed by atoms with E-state index in [9.17, 15) is 0 Å². The van der Waals surface area contributed by atoms with Crippen LogP contribution in [0.2, 0.25) is 0 Å². The highest BCUT2D eigenvalue weighted by Gasteiger charge is 1.98. The number of rotatable bonds is 3. The SMILES string of the molecule is NCCSc1cc2ccccc2[nH]1. The quantitative estimate of drug-likeness (QED) is 0.732. The van der Waals surface area contributed by atoms with Crippen LogP contribution in [0.1, 0.15) is 0 Å². The first-order valence-corrected chi connectivity index (χ1v) is 5.29. The van der Waals surface area contributed by atoms with Gasteiger partial charge in [0.15, 0.2) is 0 Å². The molecule has 0 spiro atoms. The minimum atomic E-state index is 0.722. The lowest BCUT2D eigenvalue weighted by atomic mass is 10.3. The molecule has 68 valence electrons. The lowest BCUT2D eigenvalue weighted by Crippen LogP contribution is -2.00. The number of hydrogen-bond acceptors (Lipinski definition) is 2. The summed E-state index contributed by atoms with van der Waals surface area (Å²) in [5.41, 5.74) is 6.63. The topological polar surface area (TPSA) is 41.8 Å². The highest BCUT2D eigenvalue weighted by atomic mass is 32.2. The summed E-state index contributed by atoms with van der Waals surface area (Å²) in [5, 5.41) is 2.47. The number of thioether (sulfide) groups is 1. The maximum absolute atomic E-state index is 5.44. The van der Waals surface area contributed by atoms with E-state index in [1.54, 1.807) is 11.8 Å². The second kappa shape index (κ2) is 3.85. The van der Waals surface area contributed by atoms with Crippen molar-refractivity contribution in [3.05, 3.63) is 30.3 Å². The van der Waals surface area contributed by atoms with Gasteiger partial charge in [-0.15, -0.1) is 11.8 Å². The first kappa shape index (κ1) is 8.66. The molecule has 1 aromatic carbocycles. The Bertz CT molecular complexity index is 361. The summed E-state index contributed by atoms with van der Waals surface area (Å²) >= 11 is 1.77. The maximum Gasteiger partial charge on any atom is 0.0732 e. The second-order valence-electron chi connectivity index (χ2n) is 2.86. The molecule has 1 aromatic heterocycles. The molecule has 13 heavy (non-hydrogen) atoms. The minimum Gasteiger partial charge on any atom is -0.350 e. The fraction of sp³-hybridized carbons (Fsp3) is 0.200. The van der Waals surface area contributed by atoms with Gasteiger partial charge in [0.05, 0.1) is 5.03 Å². The zero-order valence-corrected chi connectivity index (χ0v) is 8.10. The second-order valence-corrected chi connectivity index (χ2v) is 3.99. The van der Waals surface area contributed by atoms with Crippen molar-refractivity contribution in [2.75, 3.05) is 12.3 Å². The van der Waals surface area contributed by atoms with E-state index in [-0.39, 0.29) is 0 Å². The summed E-state index contributed by atoms with van der Waals surface area (Å²) in [5.74, 6) is 0.965. The minimum absolute atomic E-state index is 0.722. The zero-order valence-electron chi connectivity index (χ0n) is 7.29. The third kappa shape index (κ3) is 1.87. The summed E-state index contributed by atoms with van der Waals surface area (Å²) in [7, 11) is 0. The Morgan fingerprint density at radius 3 is 2.92 bits per heavy atom. The van der Waals surface area contributed by atoms with Gasteiger partial charge in [-0.25, -0.2) is 0 Å². The van der Waals surface area contributed by atoms with E-state index in [4.69, 9.17) is 5.73 Å². The Morgan fingerprint density at radius 2 is 2.15 bits per heavy atom. The Balaban J connectivity index is 2.28. The van der Waals surface area contributed by atoms with Gasteiger partial charge in [-0.1, -0.05) is 18.2 Å². The van der Waals surface area contributed by atoms with Crippen LogP contribution in [0.3, 0.4) is 0 Å². The molecule has 0 amide bonds. The van der Waals surface area contributed by atoms with Gasteiger partial charge >= 0.3 is 0 Å². The lowest BCUT2D eigenvalue weighted by Gasteiger charge is -1.92. The molecule has 3 N–H and O–H groups in total. The first-order valence-electron chi connectivity index (χ1n) is 4.31.